The van der Waals surface area contributed by atoms with Crippen molar-refractivity contribution >= 4 is 39.1 Å². The Hall–Kier alpha value is -2.04. The number of rotatable bonds is 3. The number of anilines is 1. The lowest BCUT2D eigenvalue weighted by molar-refractivity contribution is 0.0997. The van der Waals surface area contributed by atoms with Crippen molar-refractivity contribution in [2.45, 2.75) is 13.8 Å². The van der Waals surface area contributed by atoms with Crippen molar-refractivity contribution in [2.24, 2.45) is 0 Å². The molecule has 2 aromatic carbocycles. The quantitative estimate of drug-likeness (QED) is 0.562. The monoisotopic (exact) mass is 403 g/mol. The summed E-state index contributed by atoms with van der Waals surface area (Å²) in [6, 6.07) is 14.7. The number of aryl methyl sites for hydroxylation is 1. The molecule has 0 bridgehead atoms. The molecule has 0 aliphatic heterocycles. The van der Waals surface area contributed by atoms with E-state index in [4.69, 9.17) is 16.0 Å². The van der Waals surface area contributed by atoms with Crippen LogP contribution in [0.4, 0.5) is 5.69 Å². The fourth-order valence-electron chi connectivity index (χ4n) is 2.39. The van der Waals surface area contributed by atoms with Crippen molar-refractivity contribution in [1.82, 2.24) is 0 Å². The third-order valence-corrected chi connectivity index (χ3v) is 5.08. The van der Waals surface area contributed by atoms with E-state index in [2.05, 4.69) is 21.2 Å². The van der Waals surface area contributed by atoms with E-state index in [-0.39, 0.29) is 11.7 Å². The summed E-state index contributed by atoms with van der Waals surface area (Å²) in [6.07, 6.45) is 0. The van der Waals surface area contributed by atoms with Crippen LogP contribution in [0.25, 0.3) is 11.3 Å². The van der Waals surface area contributed by atoms with Crippen molar-refractivity contribution < 1.29 is 9.21 Å². The molecule has 0 saturated carbocycles. The highest BCUT2D eigenvalue weighted by Gasteiger charge is 2.14. The molecule has 0 saturated heterocycles. The number of benzene rings is 2. The molecule has 0 aliphatic carbocycles. The first-order chi connectivity index (χ1) is 11.5. The van der Waals surface area contributed by atoms with E-state index < -0.39 is 0 Å². The van der Waals surface area contributed by atoms with Gasteiger partial charge in [0.05, 0.1) is 0 Å². The van der Waals surface area contributed by atoms with Crippen molar-refractivity contribution in [3.63, 3.8) is 0 Å². The maximum Gasteiger partial charge on any atom is 0.291 e. The van der Waals surface area contributed by atoms with Gasteiger partial charge in [0.15, 0.2) is 5.76 Å². The molecule has 1 aromatic heterocycles. The highest BCUT2D eigenvalue weighted by Crippen LogP contribution is 2.30. The second-order valence-electron chi connectivity index (χ2n) is 5.49. The minimum absolute atomic E-state index is 0.255. The summed E-state index contributed by atoms with van der Waals surface area (Å²) < 4.78 is 6.71. The molecule has 122 valence electrons. The second kappa shape index (κ2) is 6.83. The van der Waals surface area contributed by atoms with Crippen LogP contribution in [0.15, 0.2) is 57.4 Å². The molecule has 0 spiro atoms. The van der Waals surface area contributed by atoms with Crippen LogP contribution in [0.5, 0.6) is 0 Å². The Bertz CT molecular complexity index is 917. The first kappa shape index (κ1) is 16.8. The predicted octanol–water partition coefficient (Wildman–Crippen LogP) is 6.23. The van der Waals surface area contributed by atoms with Crippen LogP contribution < -0.4 is 5.32 Å². The standard InChI is InChI=1S/C19H15BrClNO2/c1-11-10-13(6-7-15(11)20)22-19(23)18-9-8-17(24-18)14-4-3-5-16(21)12(14)2/h3-10H,1-2H3,(H,22,23). The van der Waals surface area contributed by atoms with E-state index >= 15 is 0 Å². The van der Waals surface area contributed by atoms with E-state index in [1.165, 1.54) is 0 Å². The number of amides is 1. The van der Waals surface area contributed by atoms with Crippen molar-refractivity contribution in [3.05, 3.63) is 74.9 Å². The Morgan fingerprint density at radius 2 is 1.92 bits per heavy atom. The van der Waals surface area contributed by atoms with Crippen LogP contribution in [0.1, 0.15) is 21.7 Å². The minimum atomic E-state index is -0.289. The lowest BCUT2D eigenvalue weighted by atomic mass is 10.1. The van der Waals surface area contributed by atoms with Gasteiger partial charge in [-0.1, -0.05) is 39.7 Å². The van der Waals surface area contributed by atoms with Gasteiger partial charge in [0.1, 0.15) is 5.76 Å². The number of nitrogens with one attached hydrogen (secondary N) is 1. The Kier molecular flexibility index (Phi) is 4.78. The summed E-state index contributed by atoms with van der Waals surface area (Å²) in [5, 5.41) is 3.50. The molecule has 0 radical (unpaired) electrons. The van der Waals surface area contributed by atoms with Gasteiger partial charge < -0.3 is 9.73 Å². The first-order valence-electron chi connectivity index (χ1n) is 7.38. The molecular formula is C19H15BrClNO2. The van der Waals surface area contributed by atoms with Gasteiger partial charge in [-0.25, -0.2) is 0 Å². The van der Waals surface area contributed by atoms with E-state index in [0.29, 0.717) is 10.8 Å². The summed E-state index contributed by atoms with van der Waals surface area (Å²) in [4.78, 5) is 12.4. The number of halogens is 2. The predicted molar refractivity (Wildman–Crippen MR) is 101 cm³/mol. The third-order valence-electron chi connectivity index (χ3n) is 3.78. The molecule has 1 heterocycles. The number of furan rings is 1. The lowest BCUT2D eigenvalue weighted by Gasteiger charge is -2.06. The third kappa shape index (κ3) is 3.40. The molecule has 5 heteroatoms. The van der Waals surface area contributed by atoms with Crippen molar-refractivity contribution in [2.75, 3.05) is 5.32 Å². The molecule has 3 aromatic rings. The Morgan fingerprint density at radius 3 is 2.67 bits per heavy atom. The van der Waals surface area contributed by atoms with Gasteiger partial charge in [0, 0.05) is 20.7 Å². The Labute approximate surface area is 153 Å². The zero-order valence-corrected chi connectivity index (χ0v) is 15.5. The number of hydrogen-bond donors (Lipinski definition) is 1. The number of hydrogen-bond acceptors (Lipinski definition) is 2. The van der Waals surface area contributed by atoms with E-state index in [9.17, 15) is 4.79 Å². The minimum Gasteiger partial charge on any atom is -0.451 e. The normalized spacial score (nSPS) is 10.7. The van der Waals surface area contributed by atoms with Gasteiger partial charge in [-0.3, -0.25) is 4.79 Å². The van der Waals surface area contributed by atoms with Crippen molar-refractivity contribution in [1.29, 1.82) is 0 Å². The fourth-order valence-corrected chi connectivity index (χ4v) is 2.82. The van der Waals surface area contributed by atoms with Gasteiger partial charge in [-0.2, -0.15) is 0 Å². The molecule has 0 unspecified atom stereocenters. The molecule has 1 amide bonds. The molecule has 1 N–H and O–H groups in total. The Morgan fingerprint density at radius 1 is 1.12 bits per heavy atom. The fraction of sp³-hybridized carbons (Fsp3) is 0.105. The van der Waals surface area contributed by atoms with Crippen molar-refractivity contribution in [3.8, 4) is 11.3 Å². The van der Waals surface area contributed by atoms with Gasteiger partial charge >= 0.3 is 0 Å². The molecular weight excluding hydrogens is 390 g/mol. The Balaban J connectivity index is 1.83. The molecule has 0 aliphatic rings. The van der Waals surface area contributed by atoms with Crippen LogP contribution in [-0.2, 0) is 0 Å². The van der Waals surface area contributed by atoms with Crippen LogP contribution in [0, 0.1) is 13.8 Å². The maximum atomic E-state index is 12.4. The van der Waals surface area contributed by atoms with E-state index in [0.717, 1.165) is 26.9 Å². The van der Waals surface area contributed by atoms with Crippen LogP contribution in [0.3, 0.4) is 0 Å². The van der Waals surface area contributed by atoms with Crippen LogP contribution >= 0.6 is 27.5 Å². The summed E-state index contributed by atoms with van der Waals surface area (Å²) in [5.41, 5.74) is 3.56. The smallest absolute Gasteiger partial charge is 0.291 e. The summed E-state index contributed by atoms with van der Waals surface area (Å²) >= 11 is 9.58. The first-order valence-corrected chi connectivity index (χ1v) is 8.55. The SMILES string of the molecule is Cc1cc(NC(=O)c2ccc(-c3cccc(Cl)c3C)o2)ccc1Br. The molecule has 24 heavy (non-hydrogen) atoms. The molecule has 0 fully saturated rings. The topological polar surface area (TPSA) is 42.2 Å². The average Bonchev–Trinajstić information content (AvgIpc) is 3.03. The maximum absolute atomic E-state index is 12.4. The van der Waals surface area contributed by atoms with Gasteiger partial charge in [-0.05, 0) is 61.4 Å². The highest BCUT2D eigenvalue weighted by atomic mass is 79.9. The molecule has 3 rings (SSSR count). The summed E-state index contributed by atoms with van der Waals surface area (Å²) in [6.45, 7) is 3.89. The average molecular weight is 405 g/mol. The van der Waals surface area contributed by atoms with Crippen LogP contribution in [-0.4, -0.2) is 5.91 Å². The zero-order chi connectivity index (χ0) is 17.3. The van der Waals surface area contributed by atoms with Gasteiger partial charge in [-0.15, -0.1) is 0 Å². The number of carbonyl (C=O) groups is 1. The molecule has 0 atom stereocenters. The second-order valence-corrected chi connectivity index (χ2v) is 6.76. The summed E-state index contributed by atoms with van der Waals surface area (Å²) in [7, 11) is 0. The van der Waals surface area contributed by atoms with Crippen LogP contribution in [0.2, 0.25) is 5.02 Å². The highest BCUT2D eigenvalue weighted by molar-refractivity contribution is 9.10. The number of carbonyl (C=O) groups excluding carboxylic acids is 1. The summed E-state index contributed by atoms with van der Waals surface area (Å²) in [5.74, 6) is 0.583. The largest absolute Gasteiger partial charge is 0.451 e. The lowest BCUT2D eigenvalue weighted by Crippen LogP contribution is -2.10. The van der Waals surface area contributed by atoms with Gasteiger partial charge in [0.2, 0.25) is 0 Å². The van der Waals surface area contributed by atoms with E-state index in [1.807, 2.05) is 50.2 Å². The van der Waals surface area contributed by atoms with Gasteiger partial charge in [0.25, 0.3) is 5.91 Å². The zero-order valence-electron chi connectivity index (χ0n) is 13.2. The molecule has 3 nitrogen and oxygen atoms in total. The van der Waals surface area contributed by atoms with E-state index in [1.54, 1.807) is 12.1 Å².